The summed E-state index contributed by atoms with van der Waals surface area (Å²) in [6.07, 6.45) is 3.59. The van der Waals surface area contributed by atoms with Crippen molar-refractivity contribution < 1.29 is 14.7 Å². The van der Waals surface area contributed by atoms with Gasteiger partial charge in [-0.3, -0.25) is 14.6 Å². The van der Waals surface area contributed by atoms with Crippen LogP contribution in [0, 0.1) is 0 Å². The predicted molar refractivity (Wildman–Crippen MR) is 99.7 cm³/mol. The standard InChI is InChI=1S/C19H22N4O3/c1-14(19(25)26)21-18(24)15-3-2-4-17(13-15)23-11-9-22(10-12-23)16-5-7-20-8-6-16/h2-8,13-14H,9-12H2,1H3,(H,21,24)(H,25,26). The summed E-state index contributed by atoms with van der Waals surface area (Å²) in [4.78, 5) is 31.7. The highest BCUT2D eigenvalue weighted by Gasteiger charge is 2.19. The van der Waals surface area contributed by atoms with Crippen molar-refractivity contribution in [3.63, 3.8) is 0 Å². The summed E-state index contributed by atoms with van der Waals surface area (Å²) in [5.41, 5.74) is 2.60. The molecule has 3 rings (SSSR count). The molecule has 1 fully saturated rings. The average molecular weight is 354 g/mol. The second-order valence-corrected chi connectivity index (χ2v) is 6.26. The van der Waals surface area contributed by atoms with E-state index in [-0.39, 0.29) is 5.91 Å². The Hall–Kier alpha value is -3.09. The number of carboxylic acid groups (broad SMARTS) is 1. The Morgan fingerprint density at radius 1 is 1.04 bits per heavy atom. The smallest absolute Gasteiger partial charge is 0.325 e. The van der Waals surface area contributed by atoms with Crippen LogP contribution in [-0.4, -0.2) is 54.2 Å². The zero-order valence-electron chi connectivity index (χ0n) is 14.6. The number of hydrogen-bond acceptors (Lipinski definition) is 5. The van der Waals surface area contributed by atoms with Crippen LogP contribution < -0.4 is 15.1 Å². The number of pyridine rings is 1. The fourth-order valence-electron chi connectivity index (χ4n) is 2.96. The number of carbonyl (C=O) groups is 2. The zero-order valence-corrected chi connectivity index (χ0v) is 14.6. The lowest BCUT2D eigenvalue weighted by atomic mass is 10.1. The van der Waals surface area contributed by atoms with Crippen LogP contribution in [-0.2, 0) is 4.79 Å². The van der Waals surface area contributed by atoms with E-state index in [1.165, 1.54) is 6.92 Å². The molecule has 2 aromatic rings. The van der Waals surface area contributed by atoms with Crippen molar-refractivity contribution in [1.29, 1.82) is 0 Å². The number of aliphatic carboxylic acids is 1. The van der Waals surface area contributed by atoms with Gasteiger partial charge >= 0.3 is 5.97 Å². The summed E-state index contributed by atoms with van der Waals surface area (Å²) >= 11 is 0. The van der Waals surface area contributed by atoms with Crippen molar-refractivity contribution in [3.05, 3.63) is 54.4 Å². The number of piperazine rings is 1. The Morgan fingerprint density at radius 3 is 2.27 bits per heavy atom. The van der Waals surface area contributed by atoms with Gasteiger partial charge in [0.05, 0.1) is 0 Å². The van der Waals surface area contributed by atoms with E-state index < -0.39 is 12.0 Å². The molecule has 1 aromatic heterocycles. The van der Waals surface area contributed by atoms with Crippen molar-refractivity contribution in [2.45, 2.75) is 13.0 Å². The molecule has 0 aliphatic carbocycles. The normalized spacial score (nSPS) is 15.4. The second kappa shape index (κ2) is 7.86. The monoisotopic (exact) mass is 354 g/mol. The van der Waals surface area contributed by atoms with Crippen LogP contribution in [0.4, 0.5) is 11.4 Å². The summed E-state index contributed by atoms with van der Waals surface area (Å²) in [7, 11) is 0. The molecule has 0 bridgehead atoms. The van der Waals surface area contributed by atoms with Gasteiger partial charge in [-0.2, -0.15) is 0 Å². The molecule has 7 nitrogen and oxygen atoms in total. The van der Waals surface area contributed by atoms with E-state index in [0.29, 0.717) is 5.56 Å². The Kier molecular flexibility index (Phi) is 5.36. The molecular formula is C19H22N4O3. The highest BCUT2D eigenvalue weighted by atomic mass is 16.4. The number of hydrogen-bond donors (Lipinski definition) is 2. The molecule has 0 radical (unpaired) electrons. The molecule has 136 valence electrons. The van der Waals surface area contributed by atoms with Crippen LogP contribution in [0.25, 0.3) is 0 Å². The highest BCUT2D eigenvalue weighted by molar-refractivity contribution is 5.97. The molecule has 26 heavy (non-hydrogen) atoms. The molecule has 7 heteroatoms. The fourth-order valence-corrected chi connectivity index (χ4v) is 2.96. The van der Waals surface area contributed by atoms with E-state index in [0.717, 1.165) is 37.6 Å². The first kappa shape index (κ1) is 17.7. The third kappa shape index (κ3) is 4.11. The van der Waals surface area contributed by atoms with Gasteiger partial charge in [0.1, 0.15) is 6.04 Å². The molecule has 1 aliphatic heterocycles. The largest absolute Gasteiger partial charge is 0.480 e. The molecule has 1 amide bonds. The van der Waals surface area contributed by atoms with Gasteiger partial charge in [-0.1, -0.05) is 6.07 Å². The lowest BCUT2D eigenvalue weighted by molar-refractivity contribution is -0.138. The lowest BCUT2D eigenvalue weighted by Crippen LogP contribution is -2.46. The summed E-state index contributed by atoms with van der Waals surface area (Å²) in [6, 6.07) is 10.4. The number of benzene rings is 1. The fraction of sp³-hybridized carbons (Fsp3) is 0.316. The van der Waals surface area contributed by atoms with E-state index in [1.54, 1.807) is 18.5 Å². The molecule has 1 atom stereocenters. The number of anilines is 2. The van der Waals surface area contributed by atoms with Crippen molar-refractivity contribution in [2.24, 2.45) is 0 Å². The maximum atomic E-state index is 12.2. The first-order chi connectivity index (χ1) is 12.5. The second-order valence-electron chi connectivity index (χ2n) is 6.26. The summed E-state index contributed by atoms with van der Waals surface area (Å²) in [5.74, 6) is -1.43. The highest BCUT2D eigenvalue weighted by Crippen LogP contribution is 2.21. The molecule has 2 N–H and O–H groups in total. The first-order valence-electron chi connectivity index (χ1n) is 8.58. The minimum atomic E-state index is -1.05. The summed E-state index contributed by atoms with van der Waals surface area (Å²) in [6.45, 7) is 4.91. The maximum absolute atomic E-state index is 12.2. The topological polar surface area (TPSA) is 85.8 Å². The lowest BCUT2D eigenvalue weighted by Gasteiger charge is -2.37. The van der Waals surface area contributed by atoms with Crippen LogP contribution >= 0.6 is 0 Å². The molecule has 1 aromatic carbocycles. The molecule has 1 saturated heterocycles. The Morgan fingerprint density at radius 2 is 1.65 bits per heavy atom. The number of nitrogens with one attached hydrogen (secondary N) is 1. The summed E-state index contributed by atoms with van der Waals surface area (Å²) in [5, 5.41) is 11.4. The first-order valence-corrected chi connectivity index (χ1v) is 8.58. The molecule has 0 saturated carbocycles. The molecule has 0 spiro atoms. The zero-order chi connectivity index (χ0) is 18.5. The predicted octanol–water partition coefficient (Wildman–Crippen LogP) is 1.61. The summed E-state index contributed by atoms with van der Waals surface area (Å²) < 4.78 is 0. The van der Waals surface area contributed by atoms with E-state index in [2.05, 4.69) is 20.1 Å². The van der Waals surface area contributed by atoms with Crippen molar-refractivity contribution in [3.8, 4) is 0 Å². The molecule has 1 aliphatic rings. The van der Waals surface area contributed by atoms with Gasteiger partial charge < -0.3 is 20.2 Å². The number of nitrogens with zero attached hydrogens (tertiary/aromatic N) is 3. The number of carbonyl (C=O) groups excluding carboxylic acids is 1. The van der Waals surface area contributed by atoms with E-state index in [1.807, 2.05) is 30.3 Å². The van der Waals surface area contributed by atoms with E-state index >= 15 is 0 Å². The van der Waals surface area contributed by atoms with Gasteiger partial charge in [-0.05, 0) is 37.3 Å². The van der Waals surface area contributed by atoms with Crippen LogP contribution in [0.2, 0.25) is 0 Å². The minimum Gasteiger partial charge on any atom is -0.480 e. The van der Waals surface area contributed by atoms with Gasteiger partial charge in [0, 0.05) is 55.5 Å². The molecular weight excluding hydrogens is 332 g/mol. The SMILES string of the molecule is CC(NC(=O)c1cccc(N2CCN(c3ccncc3)CC2)c1)C(=O)O. The van der Waals surface area contributed by atoms with Gasteiger partial charge in [0.2, 0.25) is 0 Å². The molecule has 2 heterocycles. The molecule has 1 unspecified atom stereocenters. The number of rotatable bonds is 5. The minimum absolute atomic E-state index is 0.378. The third-order valence-corrected chi connectivity index (χ3v) is 4.50. The van der Waals surface area contributed by atoms with Crippen LogP contribution in [0.15, 0.2) is 48.8 Å². The Bertz CT molecular complexity index is 773. The van der Waals surface area contributed by atoms with Crippen molar-refractivity contribution in [1.82, 2.24) is 10.3 Å². The van der Waals surface area contributed by atoms with Crippen molar-refractivity contribution >= 4 is 23.3 Å². The number of carboxylic acids is 1. The van der Waals surface area contributed by atoms with Gasteiger partial charge in [0.25, 0.3) is 5.91 Å². The van der Waals surface area contributed by atoms with Crippen LogP contribution in [0.3, 0.4) is 0 Å². The quantitative estimate of drug-likeness (QED) is 0.848. The Labute approximate surface area is 152 Å². The average Bonchev–Trinajstić information content (AvgIpc) is 2.68. The van der Waals surface area contributed by atoms with Gasteiger partial charge in [-0.25, -0.2) is 0 Å². The van der Waals surface area contributed by atoms with E-state index in [4.69, 9.17) is 5.11 Å². The van der Waals surface area contributed by atoms with Crippen molar-refractivity contribution in [2.75, 3.05) is 36.0 Å². The van der Waals surface area contributed by atoms with Gasteiger partial charge in [0.15, 0.2) is 0 Å². The Balaban J connectivity index is 1.64. The number of aromatic nitrogens is 1. The third-order valence-electron chi connectivity index (χ3n) is 4.50. The van der Waals surface area contributed by atoms with E-state index in [9.17, 15) is 9.59 Å². The maximum Gasteiger partial charge on any atom is 0.325 e. The van der Waals surface area contributed by atoms with Crippen LogP contribution in [0.1, 0.15) is 17.3 Å². The van der Waals surface area contributed by atoms with Crippen LogP contribution in [0.5, 0.6) is 0 Å². The van der Waals surface area contributed by atoms with Gasteiger partial charge in [-0.15, -0.1) is 0 Å². The number of amides is 1.